The molecule has 2 heterocycles. The number of carboxylic acid groups (broad SMARTS) is 1. The van der Waals surface area contributed by atoms with Gasteiger partial charge in [-0.3, -0.25) is 4.40 Å². The van der Waals surface area contributed by atoms with E-state index in [1.807, 2.05) is 18.2 Å². The second kappa shape index (κ2) is 2.56. The summed E-state index contributed by atoms with van der Waals surface area (Å²) in [5, 5.41) is 8.73. The van der Waals surface area contributed by atoms with Crippen molar-refractivity contribution in [2.24, 2.45) is 0 Å². The number of thiazole rings is 1. The molecule has 2 rings (SSSR count). The number of carbonyl (C=O) groups is 1. The first-order valence-corrected chi connectivity index (χ1v) is 4.59. The van der Waals surface area contributed by atoms with E-state index >= 15 is 0 Å². The van der Waals surface area contributed by atoms with E-state index in [4.69, 9.17) is 5.11 Å². The van der Waals surface area contributed by atoms with Crippen molar-refractivity contribution in [3.05, 3.63) is 22.5 Å². The normalized spacial score (nSPS) is 10.9. The van der Waals surface area contributed by atoms with Gasteiger partial charge in [-0.1, -0.05) is 11.3 Å². The molecule has 0 atom stereocenters. The van der Waals surface area contributed by atoms with Crippen LogP contribution in [0.4, 0.5) is 0 Å². The monoisotopic (exact) mass is 196 g/mol. The SMILES string of the molecule is Cc1nc2sc(C(=O)O)cn2c1C. The summed E-state index contributed by atoms with van der Waals surface area (Å²) in [6.45, 7) is 3.84. The average Bonchev–Trinajstić information content (AvgIpc) is 2.55. The van der Waals surface area contributed by atoms with Gasteiger partial charge in [-0.2, -0.15) is 0 Å². The molecule has 13 heavy (non-hydrogen) atoms. The van der Waals surface area contributed by atoms with Crippen LogP contribution in [0.1, 0.15) is 21.1 Å². The highest BCUT2D eigenvalue weighted by atomic mass is 32.1. The molecule has 0 fully saturated rings. The fourth-order valence-electron chi connectivity index (χ4n) is 1.16. The Morgan fingerprint density at radius 2 is 2.31 bits per heavy atom. The Balaban J connectivity index is 2.72. The molecule has 0 aliphatic rings. The molecule has 0 spiro atoms. The molecule has 0 amide bonds. The second-order valence-corrected chi connectivity index (χ2v) is 3.84. The molecule has 5 heteroatoms. The van der Waals surface area contributed by atoms with E-state index in [0.717, 1.165) is 16.3 Å². The third-order valence-corrected chi connectivity index (χ3v) is 2.98. The fourth-order valence-corrected chi connectivity index (χ4v) is 2.07. The lowest BCUT2D eigenvalue weighted by Crippen LogP contribution is -1.92. The van der Waals surface area contributed by atoms with Gasteiger partial charge in [0.1, 0.15) is 4.88 Å². The average molecular weight is 196 g/mol. The molecule has 0 saturated heterocycles. The van der Waals surface area contributed by atoms with Crippen molar-refractivity contribution >= 4 is 22.3 Å². The van der Waals surface area contributed by atoms with E-state index in [1.54, 1.807) is 6.20 Å². The molecule has 1 N–H and O–H groups in total. The van der Waals surface area contributed by atoms with E-state index in [-0.39, 0.29) is 0 Å². The molecule has 0 saturated carbocycles. The van der Waals surface area contributed by atoms with Crippen LogP contribution in [-0.4, -0.2) is 20.5 Å². The number of imidazole rings is 1. The Hall–Kier alpha value is -1.36. The second-order valence-electron chi connectivity index (χ2n) is 2.84. The molecular formula is C8H8N2O2S. The van der Waals surface area contributed by atoms with Gasteiger partial charge in [-0.05, 0) is 13.8 Å². The van der Waals surface area contributed by atoms with Crippen molar-refractivity contribution in [3.8, 4) is 0 Å². The molecule has 2 aromatic heterocycles. The van der Waals surface area contributed by atoms with Crippen molar-refractivity contribution in [2.75, 3.05) is 0 Å². The van der Waals surface area contributed by atoms with E-state index in [1.165, 1.54) is 11.3 Å². The van der Waals surface area contributed by atoms with Crippen molar-refractivity contribution in [2.45, 2.75) is 13.8 Å². The van der Waals surface area contributed by atoms with E-state index in [9.17, 15) is 4.79 Å². The van der Waals surface area contributed by atoms with Crippen LogP contribution < -0.4 is 0 Å². The minimum Gasteiger partial charge on any atom is -0.477 e. The molecular weight excluding hydrogens is 188 g/mol. The molecule has 4 nitrogen and oxygen atoms in total. The Morgan fingerprint density at radius 1 is 1.62 bits per heavy atom. The van der Waals surface area contributed by atoms with Crippen molar-refractivity contribution in [3.63, 3.8) is 0 Å². The number of fused-ring (bicyclic) bond motifs is 1. The first-order valence-electron chi connectivity index (χ1n) is 3.78. The Kier molecular flexibility index (Phi) is 1.63. The number of aryl methyl sites for hydroxylation is 2. The van der Waals surface area contributed by atoms with Gasteiger partial charge in [0.25, 0.3) is 0 Å². The zero-order valence-corrected chi connectivity index (χ0v) is 8.05. The van der Waals surface area contributed by atoms with Crippen LogP contribution in [0.5, 0.6) is 0 Å². The van der Waals surface area contributed by atoms with Crippen LogP contribution in [0.2, 0.25) is 0 Å². The standard InChI is InChI=1S/C8H8N2O2S/c1-4-5(2)10-3-6(7(11)12)13-8(10)9-4/h3H,1-2H3,(H,11,12). The summed E-state index contributed by atoms with van der Waals surface area (Å²) in [6, 6.07) is 0. The van der Waals surface area contributed by atoms with Gasteiger partial charge < -0.3 is 5.11 Å². The Labute approximate surface area is 78.5 Å². The third-order valence-electron chi connectivity index (χ3n) is 2.01. The molecule has 0 aliphatic heterocycles. The Morgan fingerprint density at radius 3 is 2.85 bits per heavy atom. The van der Waals surface area contributed by atoms with Crippen LogP contribution in [0, 0.1) is 13.8 Å². The molecule has 0 aromatic carbocycles. The van der Waals surface area contributed by atoms with Crippen LogP contribution in [0.15, 0.2) is 6.20 Å². The summed E-state index contributed by atoms with van der Waals surface area (Å²) in [5.74, 6) is -0.896. The fraction of sp³-hybridized carbons (Fsp3) is 0.250. The van der Waals surface area contributed by atoms with Crippen LogP contribution >= 0.6 is 11.3 Å². The first kappa shape index (κ1) is 8.25. The van der Waals surface area contributed by atoms with Gasteiger partial charge in [0, 0.05) is 11.9 Å². The predicted octanol–water partition coefficient (Wildman–Crippen LogP) is 1.71. The molecule has 0 unspecified atom stereocenters. The number of carboxylic acids is 1. The summed E-state index contributed by atoms with van der Waals surface area (Å²) in [4.78, 5) is 15.9. The summed E-state index contributed by atoms with van der Waals surface area (Å²) in [5.41, 5.74) is 1.95. The predicted molar refractivity (Wildman–Crippen MR) is 49.5 cm³/mol. The number of nitrogens with zero attached hydrogens (tertiary/aromatic N) is 2. The molecule has 0 bridgehead atoms. The van der Waals surface area contributed by atoms with E-state index in [0.29, 0.717) is 4.88 Å². The van der Waals surface area contributed by atoms with Gasteiger partial charge in [-0.25, -0.2) is 9.78 Å². The largest absolute Gasteiger partial charge is 0.477 e. The lowest BCUT2D eigenvalue weighted by Gasteiger charge is -1.88. The number of hydrogen-bond donors (Lipinski definition) is 1. The number of hydrogen-bond acceptors (Lipinski definition) is 3. The smallest absolute Gasteiger partial charge is 0.347 e. The minimum atomic E-state index is -0.896. The van der Waals surface area contributed by atoms with Gasteiger partial charge in [-0.15, -0.1) is 0 Å². The van der Waals surface area contributed by atoms with E-state index < -0.39 is 5.97 Å². The minimum absolute atomic E-state index is 0.325. The molecule has 0 aliphatic carbocycles. The summed E-state index contributed by atoms with van der Waals surface area (Å²) in [6.07, 6.45) is 1.61. The quantitative estimate of drug-likeness (QED) is 0.755. The van der Waals surface area contributed by atoms with E-state index in [2.05, 4.69) is 4.98 Å². The van der Waals surface area contributed by atoms with Crippen molar-refractivity contribution in [1.29, 1.82) is 0 Å². The van der Waals surface area contributed by atoms with Gasteiger partial charge in [0.15, 0.2) is 4.96 Å². The third kappa shape index (κ3) is 1.12. The molecule has 2 aromatic rings. The lowest BCUT2D eigenvalue weighted by atomic mass is 10.4. The summed E-state index contributed by atoms with van der Waals surface area (Å²) >= 11 is 1.19. The lowest BCUT2D eigenvalue weighted by molar-refractivity contribution is 0.0702. The van der Waals surface area contributed by atoms with Crippen molar-refractivity contribution in [1.82, 2.24) is 9.38 Å². The van der Waals surface area contributed by atoms with Crippen LogP contribution in [0.3, 0.4) is 0 Å². The summed E-state index contributed by atoms with van der Waals surface area (Å²) < 4.78 is 1.81. The topological polar surface area (TPSA) is 54.6 Å². The highest BCUT2D eigenvalue weighted by Crippen LogP contribution is 2.20. The van der Waals surface area contributed by atoms with Gasteiger partial charge in [0.05, 0.1) is 5.69 Å². The highest BCUT2D eigenvalue weighted by Gasteiger charge is 2.12. The Bertz CT molecular complexity index is 484. The van der Waals surface area contributed by atoms with Gasteiger partial charge in [0.2, 0.25) is 0 Å². The molecule has 68 valence electrons. The maximum Gasteiger partial charge on any atom is 0.347 e. The van der Waals surface area contributed by atoms with Gasteiger partial charge >= 0.3 is 5.97 Å². The maximum atomic E-state index is 10.6. The van der Waals surface area contributed by atoms with Crippen LogP contribution in [0.25, 0.3) is 4.96 Å². The zero-order valence-electron chi connectivity index (χ0n) is 7.24. The molecule has 0 radical (unpaired) electrons. The number of rotatable bonds is 1. The number of aromatic carboxylic acids is 1. The number of aromatic nitrogens is 2. The van der Waals surface area contributed by atoms with Crippen molar-refractivity contribution < 1.29 is 9.90 Å². The summed E-state index contributed by atoms with van der Waals surface area (Å²) in [7, 11) is 0. The first-order chi connectivity index (χ1) is 6.09. The van der Waals surface area contributed by atoms with Crippen LogP contribution in [-0.2, 0) is 0 Å². The maximum absolute atomic E-state index is 10.6. The zero-order chi connectivity index (χ0) is 9.59. The highest BCUT2D eigenvalue weighted by molar-refractivity contribution is 7.18.